The van der Waals surface area contributed by atoms with Gasteiger partial charge in [0.15, 0.2) is 0 Å². The number of benzene rings is 1. The molecular weight excluding hydrogens is 200 g/mol. The summed E-state index contributed by atoms with van der Waals surface area (Å²) in [6, 6.07) is 5.87. The van der Waals surface area contributed by atoms with Crippen LogP contribution in [0, 0.1) is 12.3 Å². The summed E-state index contributed by atoms with van der Waals surface area (Å²) in [6.45, 7) is 8.40. The SMILES string of the molecule is Cc1cc(NC(CO)C(C)(C)C)ccc1N. The van der Waals surface area contributed by atoms with E-state index >= 15 is 0 Å². The van der Waals surface area contributed by atoms with Crippen molar-refractivity contribution in [1.82, 2.24) is 0 Å². The number of aryl methyl sites for hydroxylation is 1. The predicted octanol–water partition coefficient (Wildman–Crippen LogP) is 2.40. The van der Waals surface area contributed by atoms with Gasteiger partial charge in [0, 0.05) is 11.4 Å². The van der Waals surface area contributed by atoms with E-state index in [1.807, 2.05) is 25.1 Å². The van der Waals surface area contributed by atoms with E-state index in [1.54, 1.807) is 0 Å². The van der Waals surface area contributed by atoms with Crippen LogP contribution in [0.25, 0.3) is 0 Å². The monoisotopic (exact) mass is 222 g/mol. The summed E-state index contributed by atoms with van der Waals surface area (Å²) in [7, 11) is 0. The molecule has 1 rings (SSSR count). The number of hydrogen-bond acceptors (Lipinski definition) is 3. The van der Waals surface area contributed by atoms with Gasteiger partial charge in [-0.2, -0.15) is 0 Å². The average molecular weight is 222 g/mol. The molecule has 0 aromatic heterocycles. The lowest BCUT2D eigenvalue weighted by molar-refractivity contribution is 0.202. The molecule has 1 aromatic rings. The molecule has 0 aliphatic heterocycles. The predicted molar refractivity (Wildman–Crippen MR) is 69.5 cm³/mol. The fourth-order valence-corrected chi connectivity index (χ4v) is 1.50. The van der Waals surface area contributed by atoms with E-state index in [9.17, 15) is 5.11 Å². The molecule has 0 saturated carbocycles. The Morgan fingerprint density at radius 2 is 2.00 bits per heavy atom. The highest BCUT2D eigenvalue weighted by Crippen LogP contribution is 2.24. The van der Waals surface area contributed by atoms with Crippen LogP contribution in [-0.2, 0) is 0 Å². The van der Waals surface area contributed by atoms with Crippen molar-refractivity contribution in [3.05, 3.63) is 23.8 Å². The smallest absolute Gasteiger partial charge is 0.0637 e. The van der Waals surface area contributed by atoms with Crippen LogP contribution in [0.15, 0.2) is 18.2 Å². The molecule has 0 saturated heterocycles. The maximum atomic E-state index is 9.36. The summed E-state index contributed by atoms with van der Waals surface area (Å²) in [6.07, 6.45) is 0. The third-order valence-electron chi connectivity index (χ3n) is 2.84. The Bertz CT molecular complexity index is 355. The molecule has 4 N–H and O–H groups in total. The van der Waals surface area contributed by atoms with E-state index < -0.39 is 0 Å². The molecule has 3 heteroatoms. The Balaban J connectivity index is 2.83. The molecule has 0 aliphatic rings. The van der Waals surface area contributed by atoms with Crippen LogP contribution < -0.4 is 11.1 Å². The molecule has 16 heavy (non-hydrogen) atoms. The van der Waals surface area contributed by atoms with Crippen molar-refractivity contribution in [3.63, 3.8) is 0 Å². The lowest BCUT2D eigenvalue weighted by atomic mass is 9.87. The van der Waals surface area contributed by atoms with Crippen LogP contribution >= 0.6 is 0 Å². The van der Waals surface area contributed by atoms with Crippen molar-refractivity contribution in [2.45, 2.75) is 33.7 Å². The molecule has 0 amide bonds. The summed E-state index contributed by atoms with van der Waals surface area (Å²) < 4.78 is 0. The summed E-state index contributed by atoms with van der Waals surface area (Å²) in [4.78, 5) is 0. The number of aliphatic hydroxyl groups excluding tert-OH is 1. The highest BCUT2D eigenvalue weighted by atomic mass is 16.3. The first-order chi connectivity index (χ1) is 7.34. The van der Waals surface area contributed by atoms with E-state index in [4.69, 9.17) is 5.73 Å². The minimum absolute atomic E-state index is 0.0179. The second-order valence-corrected chi connectivity index (χ2v) is 5.32. The van der Waals surface area contributed by atoms with Crippen molar-refractivity contribution in [2.24, 2.45) is 5.41 Å². The van der Waals surface area contributed by atoms with Gasteiger partial charge in [-0.3, -0.25) is 0 Å². The molecule has 1 atom stereocenters. The van der Waals surface area contributed by atoms with Gasteiger partial charge in [0.25, 0.3) is 0 Å². The Morgan fingerprint density at radius 3 is 2.44 bits per heavy atom. The zero-order chi connectivity index (χ0) is 12.3. The normalized spacial score (nSPS) is 13.6. The van der Waals surface area contributed by atoms with Crippen molar-refractivity contribution >= 4 is 11.4 Å². The van der Waals surface area contributed by atoms with Crippen molar-refractivity contribution < 1.29 is 5.11 Å². The lowest BCUT2D eigenvalue weighted by Gasteiger charge is -2.30. The number of anilines is 2. The third kappa shape index (κ3) is 3.14. The minimum Gasteiger partial charge on any atom is -0.399 e. The van der Waals surface area contributed by atoms with Gasteiger partial charge < -0.3 is 16.2 Å². The molecule has 0 fully saturated rings. The maximum absolute atomic E-state index is 9.36. The fourth-order valence-electron chi connectivity index (χ4n) is 1.50. The number of hydrogen-bond donors (Lipinski definition) is 3. The first kappa shape index (κ1) is 12.8. The van der Waals surface area contributed by atoms with Gasteiger partial charge in [-0.15, -0.1) is 0 Å². The average Bonchev–Trinajstić information content (AvgIpc) is 2.18. The summed E-state index contributed by atoms with van der Waals surface area (Å²) in [5.41, 5.74) is 8.62. The Kier molecular flexibility index (Phi) is 3.81. The van der Waals surface area contributed by atoms with Crippen LogP contribution in [0.3, 0.4) is 0 Å². The molecule has 1 unspecified atom stereocenters. The van der Waals surface area contributed by atoms with Gasteiger partial charge in [0.05, 0.1) is 12.6 Å². The molecule has 0 spiro atoms. The number of nitrogens with two attached hydrogens (primary N) is 1. The molecule has 0 heterocycles. The standard InChI is InChI=1S/C13H22N2O/c1-9-7-10(5-6-11(9)14)15-12(8-16)13(2,3)4/h5-7,12,15-16H,8,14H2,1-4H3. The second kappa shape index (κ2) is 4.74. The first-order valence-electron chi connectivity index (χ1n) is 5.58. The van der Waals surface area contributed by atoms with E-state index in [1.165, 1.54) is 0 Å². The van der Waals surface area contributed by atoms with Gasteiger partial charge in [0.2, 0.25) is 0 Å². The van der Waals surface area contributed by atoms with Crippen LogP contribution in [0.1, 0.15) is 26.3 Å². The third-order valence-corrected chi connectivity index (χ3v) is 2.84. The largest absolute Gasteiger partial charge is 0.399 e. The van der Waals surface area contributed by atoms with Crippen molar-refractivity contribution in [2.75, 3.05) is 17.7 Å². The van der Waals surface area contributed by atoms with E-state index in [2.05, 4.69) is 26.1 Å². The van der Waals surface area contributed by atoms with Gasteiger partial charge in [0.1, 0.15) is 0 Å². The van der Waals surface area contributed by atoms with Crippen LogP contribution in [0.4, 0.5) is 11.4 Å². The topological polar surface area (TPSA) is 58.3 Å². The zero-order valence-corrected chi connectivity index (χ0v) is 10.5. The van der Waals surface area contributed by atoms with E-state index in [0.717, 1.165) is 16.9 Å². The molecule has 0 bridgehead atoms. The molecule has 1 aromatic carbocycles. The second-order valence-electron chi connectivity index (χ2n) is 5.32. The van der Waals surface area contributed by atoms with Crippen LogP contribution in [0.5, 0.6) is 0 Å². The summed E-state index contributed by atoms with van der Waals surface area (Å²) >= 11 is 0. The van der Waals surface area contributed by atoms with Crippen molar-refractivity contribution in [3.8, 4) is 0 Å². The molecule has 0 radical (unpaired) electrons. The molecule has 3 nitrogen and oxygen atoms in total. The lowest BCUT2D eigenvalue weighted by Crippen LogP contribution is -2.37. The highest BCUT2D eigenvalue weighted by Gasteiger charge is 2.23. The van der Waals surface area contributed by atoms with Gasteiger partial charge >= 0.3 is 0 Å². The van der Waals surface area contributed by atoms with Crippen LogP contribution in [0.2, 0.25) is 0 Å². The Hall–Kier alpha value is -1.22. The Labute approximate surface area is 97.7 Å². The highest BCUT2D eigenvalue weighted by molar-refractivity contribution is 5.57. The number of nitrogen functional groups attached to an aromatic ring is 1. The Morgan fingerprint density at radius 1 is 1.38 bits per heavy atom. The van der Waals surface area contributed by atoms with Gasteiger partial charge in [-0.1, -0.05) is 20.8 Å². The van der Waals surface area contributed by atoms with Gasteiger partial charge in [-0.25, -0.2) is 0 Å². The quantitative estimate of drug-likeness (QED) is 0.688. The zero-order valence-electron chi connectivity index (χ0n) is 10.5. The number of rotatable bonds is 3. The molecule has 0 aliphatic carbocycles. The fraction of sp³-hybridized carbons (Fsp3) is 0.538. The minimum atomic E-state index is 0.0179. The molecule has 90 valence electrons. The number of nitrogens with one attached hydrogen (secondary N) is 1. The first-order valence-corrected chi connectivity index (χ1v) is 5.58. The van der Waals surface area contributed by atoms with E-state index in [0.29, 0.717) is 0 Å². The molecular formula is C13H22N2O. The summed E-state index contributed by atoms with van der Waals surface area (Å²) in [5.74, 6) is 0. The van der Waals surface area contributed by atoms with Crippen molar-refractivity contribution in [1.29, 1.82) is 0 Å². The van der Waals surface area contributed by atoms with E-state index in [-0.39, 0.29) is 18.1 Å². The maximum Gasteiger partial charge on any atom is 0.0637 e. The van der Waals surface area contributed by atoms with Gasteiger partial charge in [-0.05, 0) is 36.1 Å². The van der Waals surface area contributed by atoms with Crippen LogP contribution in [-0.4, -0.2) is 17.8 Å². The summed E-state index contributed by atoms with van der Waals surface area (Å²) in [5, 5.41) is 12.7. The number of aliphatic hydroxyl groups is 1.